The van der Waals surface area contributed by atoms with Crippen LogP contribution in [0.2, 0.25) is 5.02 Å². The minimum Gasteiger partial charge on any atom is -0.461 e. The molecule has 1 fully saturated rings. The Morgan fingerprint density at radius 1 is 1.33 bits per heavy atom. The number of esters is 1. The number of allylic oxidation sites excluding steroid dienone is 1. The Morgan fingerprint density at radius 3 is 2.79 bits per heavy atom. The lowest BCUT2D eigenvalue weighted by atomic mass is 9.81. The SMILES string of the molecule is CC1=C(C(=O)OCCC#N)C(c2cccc(Cl)c2)C(C(=O)NCCCN2CCCC2)=C(N)N1. The highest BCUT2D eigenvalue weighted by Crippen LogP contribution is 2.38. The average Bonchev–Trinajstić information content (AvgIpc) is 3.29. The summed E-state index contributed by atoms with van der Waals surface area (Å²) in [6, 6.07) is 8.93. The molecule has 1 unspecified atom stereocenters. The van der Waals surface area contributed by atoms with Gasteiger partial charge in [0.2, 0.25) is 0 Å². The number of ether oxygens (including phenoxy) is 1. The van der Waals surface area contributed by atoms with Crippen LogP contribution in [0.4, 0.5) is 0 Å². The van der Waals surface area contributed by atoms with Crippen molar-refractivity contribution in [2.75, 3.05) is 32.8 Å². The Balaban J connectivity index is 1.83. The minimum atomic E-state index is -0.752. The van der Waals surface area contributed by atoms with Gasteiger partial charge in [-0.2, -0.15) is 5.26 Å². The third-order valence-electron chi connectivity index (χ3n) is 5.82. The first-order valence-corrected chi connectivity index (χ1v) is 11.6. The first kappa shape index (κ1) is 24.6. The lowest BCUT2D eigenvalue weighted by Crippen LogP contribution is -2.40. The van der Waals surface area contributed by atoms with Gasteiger partial charge in [-0.15, -0.1) is 0 Å². The van der Waals surface area contributed by atoms with Crippen molar-refractivity contribution in [3.63, 3.8) is 0 Å². The molecule has 0 radical (unpaired) electrons. The molecule has 2 aliphatic heterocycles. The summed E-state index contributed by atoms with van der Waals surface area (Å²) in [6.45, 7) is 5.31. The van der Waals surface area contributed by atoms with E-state index in [1.807, 2.05) is 6.07 Å². The van der Waals surface area contributed by atoms with Crippen molar-refractivity contribution in [1.82, 2.24) is 15.5 Å². The number of benzene rings is 1. The van der Waals surface area contributed by atoms with Crippen molar-refractivity contribution < 1.29 is 14.3 Å². The van der Waals surface area contributed by atoms with Gasteiger partial charge in [0.05, 0.1) is 29.6 Å². The van der Waals surface area contributed by atoms with Crippen molar-refractivity contribution in [3.8, 4) is 6.07 Å². The van der Waals surface area contributed by atoms with Gasteiger partial charge in [-0.3, -0.25) is 4.79 Å². The quantitative estimate of drug-likeness (QED) is 0.374. The first-order valence-electron chi connectivity index (χ1n) is 11.2. The molecule has 4 N–H and O–H groups in total. The fourth-order valence-electron chi connectivity index (χ4n) is 4.27. The van der Waals surface area contributed by atoms with Gasteiger partial charge in [-0.1, -0.05) is 23.7 Å². The number of halogens is 1. The summed E-state index contributed by atoms with van der Waals surface area (Å²) < 4.78 is 5.30. The van der Waals surface area contributed by atoms with Crippen molar-refractivity contribution in [2.24, 2.45) is 5.73 Å². The number of nitriles is 1. The zero-order valence-electron chi connectivity index (χ0n) is 18.8. The van der Waals surface area contributed by atoms with Gasteiger partial charge in [0.25, 0.3) is 5.91 Å². The number of carbonyl (C=O) groups excluding carboxylic acids is 2. The Kier molecular flexibility index (Phi) is 8.75. The van der Waals surface area contributed by atoms with Gasteiger partial charge in [-0.05, 0) is 63.5 Å². The molecule has 2 aliphatic rings. The molecule has 0 aliphatic carbocycles. The van der Waals surface area contributed by atoms with Crippen LogP contribution in [0.1, 0.15) is 44.1 Å². The normalized spacial score (nSPS) is 18.6. The summed E-state index contributed by atoms with van der Waals surface area (Å²) in [7, 11) is 0. The first-order chi connectivity index (χ1) is 15.9. The Hall–Kier alpha value is -3.02. The molecule has 0 saturated carbocycles. The number of nitrogens with two attached hydrogens (primary N) is 1. The van der Waals surface area contributed by atoms with E-state index in [4.69, 9.17) is 27.3 Å². The highest BCUT2D eigenvalue weighted by Gasteiger charge is 2.37. The van der Waals surface area contributed by atoms with E-state index in [1.165, 1.54) is 12.8 Å². The van der Waals surface area contributed by atoms with Crippen LogP contribution >= 0.6 is 11.6 Å². The lowest BCUT2D eigenvalue weighted by Gasteiger charge is -2.30. The van der Waals surface area contributed by atoms with Gasteiger partial charge in [0.1, 0.15) is 12.4 Å². The largest absolute Gasteiger partial charge is 0.461 e. The number of nitrogens with one attached hydrogen (secondary N) is 2. The highest BCUT2D eigenvalue weighted by atomic mass is 35.5. The standard InChI is InChI=1S/C24H30ClN5O3/c1-16-19(24(32)33-14-5-9-26)20(17-7-4-8-18(25)15-17)21(22(27)29-16)23(31)28-10-6-13-30-11-2-3-12-30/h4,7-8,15,20,29H,2-3,5-6,10-14,27H2,1H3,(H,28,31). The van der Waals surface area contributed by atoms with E-state index in [1.54, 1.807) is 31.2 Å². The summed E-state index contributed by atoms with van der Waals surface area (Å²) >= 11 is 6.22. The second-order valence-electron chi connectivity index (χ2n) is 8.18. The molecule has 0 aromatic heterocycles. The van der Waals surface area contributed by atoms with Gasteiger partial charge < -0.3 is 26.0 Å². The molecule has 0 spiro atoms. The van der Waals surface area contributed by atoms with Crippen molar-refractivity contribution in [3.05, 3.63) is 57.5 Å². The van der Waals surface area contributed by atoms with Crippen LogP contribution < -0.4 is 16.4 Å². The highest BCUT2D eigenvalue weighted by molar-refractivity contribution is 6.30. The molecule has 8 nitrogen and oxygen atoms in total. The van der Waals surface area contributed by atoms with Crippen LogP contribution in [0.3, 0.4) is 0 Å². The summed E-state index contributed by atoms with van der Waals surface area (Å²) in [5.74, 6) is -1.52. The predicted octanol–water partition coefficient (Wildman–Crippen LogP) is 2.53. The van der Waals surface area contributed by atoms with E-state index in [0.717, 1.165) is 26.1 Å². The van der Waals surface area contributed by atoms with Crippen LogP contribution in [0.25, 0.3) is 0 Å². The summed E-state index contributed by atoms with van der Waals surface area (Å²) in [6.07, 6.45) is 3.35. The van der Waals surface area contributed by atoms with Gasteiger partial charge in [0, 0.05) is 17.3 Å². The summed E-state index contributed by atoms with van der Waals surface area (Å²) in [5, 5.41) is 15.1. The zero-order valence-corrected chi connectivity index (χ0v) is 19.6. The fourth-order valence-corrected chi connectivity index (χ4v) is 4.47. The summed E-state index contributed by atoms with van der Waals surface area (Å²) in [4.78, 5) is 28.6. The lowest BCUT2D eigenvalue weighted by molar-refractivity contribution is -0.139. The average molecular weight is 472 g/mol. The third-order valence-corrected chi connectivity index (χ3v) is 6.06. The topological polar surface area (TPSA) is 120 Å². The number of hydrogen-bond donors (Lipinski definition) is 3. The number of hydrogen-bond acceptors (Lipinski definition) is 7. The van der Waals surface area contributed by atoms with Crippen LogP contribution in [0.5, 0.6) is 0 Å². The maximum Gasteiger partial charge on any atom is 0.336 e. The van der Waals surface area contributed by atoms with Gasteiger partial charge in [0.15, 0.2) is 0 Å². The van der Waals surface area contributed by atoms with E-state index in [9.17, 15) is 9.59 Å². The van der Waals surface area contributed by atoms with E-state index >= 15 is 0 Å². The van der Waals surface area contributed by atoms with Gasteiger partial charge >= 0.3 is 5.97 Å². The predicted molar refractivity (Wildman–Crippen MR) is 126 cm³/mol. The van der Waals surface area contributed by atoms with E-state index in [-0.39, 0.29) is 35.9 Å². The molecule has 3 rings (SSSR count). The maximum absolute atomic E-state index is 13.3. The van der Waals surface area contributed by atoms with Crippen LogP contribution in [0.15, 0.2) is 46.9 Å². The molecule has 1 atom stereocenters. The molecule has 176 valence electrons. The second-order valence-corrected chi connectivity index (χ2v) is 8.62. The van der Waals surface area contributed by atoms with Gasteiger partial charge in [-0.25, -0.2) is 4.79 Å². The number of amides is 1. The smallest absolute Gasteiger partial charge is 0.336 e. The minimum absolute atomic E-state index is 0.0361. The van der Waals surface area contributed by atoms with E-state index < -0.39 is 11.9 Å². The van der Waals surface area contributed by atoms with Crippen LogP contribution in [0, 0.1) is 11.3 Å². The Morgan fingerprint density at radius 2 is 2.09 bits per heavy atom. The molecule has 1 saturated heterocycles. The molecule has 1 aromatic carbocycles. The molecule has 9 heteroatoms. The zero-order chi connectivity index (χ0) is 23.8. The second kappa shape index (κ2) is 11.7. The molecular weight excluding hydrogens is 442 g/mol. The Bertz CT molecular complexity index is 992. The van der Waals surface area contributed by atoms with Crippen LogP contribution in [-0.4, -0.2) is 49.6 Å². The maximum atomic E-state index is 13.3. The van der Waals surface area contributed by atoms with Crippen LogP contribution in [-0.2, 0) is 14.3 Å². The van der Waals surface area contributed by atoms with Crippen molar-refractivity contribution >= 4 is 23.5 Å². The van der Waals surface area contributed by atoms with Crippen molar-refractivity contribution in [2.45, 2.75) is 38.5 Å². The molecular formula is C24H30ClN5O3. The van der Waals surface area contributed by atoms with E-state index in [2.05, 4.69) is 15.5 Å². The molecule has 1 aromatic rings. The number of rotatable bonds is 9. The number of carbonyl (C=O) groups is 2. The molecule has 2 heterocycles. The number of nitrogens with zero attached hydrogens (tertiary/aromatic N) is 2. The number of likely N-dealkylation sites (tertiary alicyclic amines) is 1. The fraction of sp³-hybridized carbons (Fsp3) is 0.458. The monoisotopic (exact) mass is 471 g/mol. The summed E-state index contributed by atoms with van der Waals surface area (Å²) in [5.41, 5.74) is 7.92. The Labute approximate surface area is 199 Å². The number of dihydropyridines is 1. The van der Waals surface area contributed by atoms with Crippen molar-refractivity contribution in [1.29, 1.82) is 5.26 Å². The molecule has 33 heavy (non-hydrogen) atoms. The third kappa shape index (κ3) is 6.28. The van der Waals surface area contributed by atoms with E-state index in [0.29, 0.717) is 22.8 Å². The molecule has 1 amide bonds. The molecule has 0 bridgehead atoms.